The first-order valence-electron chi connectivity index (χ1n) is 8.51. The molecule has 0 radical (unpaired) electrons. The van der Waals surface area contributed by atoms with Crippen molar-refractivity contribution >= 4 is 6.03 Å². The lowest BCUT2D eigenvalue weighted by Gasteiger charge is -2.23. The molecule has 1 aromatic rings. The van der Waals surface area contributed by atoms with Gasteiger partial charge < -0.3 is 25.0 Å². The molecule has 1 aromatic carbocycles. The SMILES string of the molecule is CCC(C)c1ccc(OC(C)OCCN(CNC)C(=O)NC)cc1. The molecular formula is C18H31N3O3. The number of rotatable bonds is 10. The Balaban J connectivity index is 2.40. The smallest absolute Gasteiger partial charge is 0.318 e. The summed E-state index contributed by atoms with van der Waals surface area (Å²) in [6.45, 7) is 7.61. The van der Waals surface area contributed by atoms with E-state index in [0.717, 1.165) is 12.2 Å². The maximum absolute atomic E-state index is 11.7. The monoisotopic (exact) mass is 337 g/mol. The van der Waals surface area contributed by atoms with E-state index >= 15 is 0 Å². The molecule has 24 heavy (non-hydrogen) atoms. The summed E-state index contributed by atoms with van der Waals surface area (Å²) in [5.74, 6) is 1.34. The molecule has 0 spiro atoms. The van der Waals surface area contributed by atoms with Crippen molar-refractivity contribution in [3.05, 3.63) is 29.8 Å². The number of carbonyl (C=O) groups is 1. The van der Waals surface area contributed by atoms with E-state index in [1.165, 1.54) is 5.56 Å². The minimum absolute atomic E-state index is 0.137. The molecule has 0 aliphatic heterocycles. The highest BCUT2D eigenvalue weighted by Crippen LogP contribution is 2.22. The zero-order valence-corrected chi connectivity index (χ0v) is 15.5. The molecule has 1 rings (SSSR count). The molecular weight excluding hydrogens is 306 g/mol. The predicted octanol–water partition coefficient (Wildman–Crippen LogP) is 2.76. The van der Waals surface area contributed by atoms with E-state index < -0.39 is 0 Å². The van der Waals surface area contributed by atoms with Crippen LogP contribution >= 0.6 is 0 Å². The third kappa shape index (κ3) is 6.76. The quantitative estimate of drug-likeness (QED) is 0.645. The molecule has 0 aliphatic rings. The summed E-state index contributed by atoms with van der Waals surface area (Å²) < 4.78 is 11.4. The minimum Gasteiger partial charge on any atom is -0.465 e. The van der Waals surface area contributed by atoms with Crippen LogP contribution in [-0.4, -0.2) is 51.1 Å². The summed E-state index contributed by atoms with van der Waals surface area (Å²) in [5, 5.41) is 5.57. The molecule has 2 N–H and O–H groups in total. The summed E-state index contributed by atoms with van der Waals surface area (Å²) in [7, 11) is 3.41. The molecule has 2 amide bonds. The lowest BCUT2D eigenvalue weighted by atomic mass is 9.99. The van der Waals surface area contributed by atoms with Gasteiger partial charge in [-0.3, -0.25) is 0 Å². The molecule has 0 heterocycles. The highest BCUT2D eigenvalue weighted by atomic mass is 16.7. The van der Waals surface area contributed by atoms with Crippen LogP contribution in [0, 0.1) is 0 Å². The second-order valence-electron chi connectivity index (χ2n) is 5.76. The average molecular weight is 337 g/mol. The van der Waals surface area contributed by atoms with Crippen LogP contribution in [0.3, 0.4) is 0 Å². The average Bonchev–Trinajstić information content (AvgIpc) is 2.60. The van der Waals surface area contributed by atoms with E-state index in [1.54, 1.807) is 19.0 Å². The molecule has 2 atom stereocenters. The Morgan fingerprint density at radius 1 is 1.21 bits per heavy atom. The first kappa shape index (κ1) is 20.3. The van der Waals surface area contributed by atoms with E-state index in [9.17, 15) is 4.79 Å². The molecule has 0 saturated heterocycles. The minimum atomic E-state index is -0.374. The van der Waals surface area contributed by atoms with E-state index in [-0.39, 0.29) is 12.3 Å². The molecule has 0 saturated carbocycles. The van der Waals surface area contributed by atoms with Crippen molar-refractivity contribution in [3.63, 3.8) is 0 Å². The molecule has 136 valence electrons. The fourth-order valence-electron chi connectivity index (χ4n) is 2.27. The number of amides is 2. The lowest BCUT2D eigenvalue weighted by Crippen LogP contribution is -2.44. The fourth-order valence-corrected chi connectivity index (χ4v) is 2.27. The standard InChI is InChI=1S/C18H31N3O3/c1-6-14(2)16-7-9-17(10-8-16)24-15(3)23-12-11-21(13-19-4)18(22)20-5/h7-10,14-15,19H,6,11-13H2,1-5H3,(H,20,22). The second kappa shape index (κ2) is 10.9. The Kier molecular flexibility index (Phi) is 9.19. The van der Waals surface area contributed by atoms with Crippen LogP contribution in [0.1, 0.15) is 38.7 Å². The van der Waals surface area contributed by atoms with Gasteiger partial charge in [-0.05, 0) is 44.0 Å². The first-order chi connectivity index (χ1) is 11.5. The van der Waals surface area contributed by atoms with Crippen molar-refractivity contribution < 1.29 is 14.3 Å². The third-order valence-electron chi connectivity index (χ3n) is 3.93. The predicted molar refractivity (Wildman–Crippen MR) is 96.3 cm³/mol. The Hall–Kier alpha value is -1.79. The van der Waals surface area contributed by atoms with Crippen molar-refractivity contribution in [1.82, 2.24) is 15.5 Å². The van der Waals surface area contributed by atoms with E-state index in [1.807, 2.05) is 19.1 Å². The van der Waals surface area contributed by atoms with Crippen LogP contribution in [0.25, 0.3) is 0 Å². The van der Waals surface area contributed by atoms with Crippen LogP contribution in [0.15, 0.2) is 24.3 Å². The molecule has 0 fully saturated rings. The van der Waals surface area contributed by atoms with Gasteiger partial charge in [-0.1, -0.05) is 26.0 Å². The fraction of sp³-hybridized carbons (Fsp3) is 0.611. The van der Waals surface area contributed by atoms with Gasteiger partial charge in [0.15, 0.2) is 6.29 Å². The molecule has 2 unspecified atom stereocenters. The summed E-state index contributed by atoms with van der Waals surface area (Å²) in [6, 6.07) is 7.99. The Labute approximate surface area is 145 Å². The van der Waals surface area contributed by atoms with E-state index in [4.69, 9.17) is 9.47 Å². The van der Waals surface area contributed by atoms with Crippen molar-refractivity contribution in [2.75, 3.05) is 33.9 Å². The topological polar surface area (TPSA) is 62.8 Å². The number of hydrogen-bond donors (Lipinski definition) is 2. The van der Waals surface area contributed by atoms with Crippen molar-refractivity contribution in [2.24, 2.45) is 0 Å². The highest BCUT2D eigenvalue weighted by molar-refractivity contribution is 5.73. The number of hydrogen-bond acceptors (Lipinski definition) is 4. The van der Waals surface area contributed by atoms with E-state index in [0.29, 0.717) is 25.7 Å². The number of urea groups is 1. The van der Waals surface area contributed by atoms with Crippen LogP contribution in [0.4, 0.5) is 4.79 Å². The number of benzene rings is 1. The summed E-state index contributed by atoms with van der Waals surface area (Å²) in [4.78, 5) is 13.3. The van der Waals surface area contributed by atoms with Crippen LogP contribution in [0.2, 0.25) is 0 Å². The van der Waals surface area contributed by atoms with Gasteiger partial charge in [-0.25, -0.2) is 4.79 Å². The molecule has 0 aliphatic carbocycles. The number of nitrogens with one attached hydrogen (secondary N) is 2. The molecule has 0 aromatic heterocycles. The van der Waals surface area contributed by atoms with Crippen molar-refractivity contribution in [2.45, 2.75) is 39.4 Å². The largest absolute Gasteiger partial charge is 0.465 e. The van der Waals surface area contributed by atoms with Crippen LogP contribution in [0.5, 0.6) is 5.75 Å². The second-order valence-corrected chi connectivity index (χ2v) is 5.76. The normalized spacial score (nSPS) is 13.2. The van der Waals surface area contributed by atoms with Gasteiger partial charge >= 0.3 is 6.03 Å². The summed E-state index contributed by atoms with van der Waals surface area (Å²) in [6.07, 6.45) is 0.745. The van der Waals surface area contributed by atoms with Gasteiger partial charge in [0.1, 0.15) is 5.75 Å². The highest BCUT2D eigenvalue weighted by Gasteiger charge is 2.12. The van der Waals surface area contributed by atoms with E-state index in [2.05, 4.69) is 36.6 Å². The maximum atomic E-state index is 11.7. The first-order valence-corrected chi connectivity index (χ1v) is 8.51. The number of carbonyl (C=O) groups excluding carboxylic acids is 1. The Morgan fingerprint density at radius 2 is 1.88 bits per heavy atom. The molecule has 6 nitrogen and oxygen atoms in total. The van der Waals surface area contributed by atoms with Gasteiger partial charge in [0.2, 0.25) is 0 Å². The molecule has 6 heteroatoms. The molecule has 0 bridgehead atoms. The number of nitrogens with zero attached hydrogens (tertiary/aromatic N) is 1. The van der Waals surface area contributed by atoms with Gasteiger partial charge in [0.25, 0.3) is 0 Å². The Bertz CT molecular complexity index is 479. The van der Waals surface area contributed by atoms with Gasteiger partial charge in [0.05, 0.1) is 13.3 Å². The van der Waals surface area contributed by atoms with Gasteiger partial charge in [0, 0.05) is 13.6 Å². The maximum Gasteiger partial charge on any atom is 0.318 e. The van der Waals surface area contributed by atoms with Gasteiger partial charge in [-0.2, -0.15) is 0 Å². The van der Waals surface area contributed by atoms with Crippen LogP contribution in [-0.2, 0) is 4.74 Å². The zero-order chi connectivity index (χ0) is 17.9. The summed E-state index contributed by atoms with van der Waals surface area (Å²) >= 11 is 0. The zero-order valence-electron chi connectivity index (χ0n) is 15.5. The van der Waals surface area contributed by atoms with Gasteiger partial charge in [-0.15, -0.1) is 0 Å². The lowest BCUT2D eigenvalue weighted by molar-refractivity contribution is -0.0698. The van der Waals surface area contributed by atoms with Crippen LogP contribution < -0.4 is 15.4 Å². The summed E-state index contributed by atoms with van der Waals surface area (Å²) in [5.41, 5.74) is 1.31. The Morgan fingerprint density at radius 3 is 2.42 bits per heavy atom. The number of ether oxygens (including phenoxy) is 2. The van der Waals surface area contributed by atoms with Crippen molar-refractivity contribution in [1.29, 1.82) is 0 Å². The third-order valence-corrected chi connectivity index (χ3v) is 3.93. The van der Waals surface area contributed by atoms with Crippen molar-refractivity contribution in [3.8, 4) is 5.75 Å².